The number of hydrogen-bond donors (Lipinski definition) is 3. The molecular weight excluding hydrogens is 671 g/mol. The Morgan fingerprint density at radius 3 is 2.20 bits per heavy atom. The topological polar surface area (TPSA) is 184 Å². The van der Waals surface area contributed by atoms with Gasteiger partial charge in [0.15, 0.2) is 11.5 Å². The van der Waals surface area contributed by atoms with Crippen molar-refractivity contribution in [3.63, 3.8) is 0 Å². The van der Waals surface area contributed by atoms with Crippen molar-refractivity contribution in [2.45, 2.75) is 44.6 Å². The highest BCUT2D eigenvalue weighted by Gasteiger charge is 2.45. The lowest BCUT2D eigenvalue weighted by atomic mass is 9.71. The monoisotopic (exact) mass is 705 g/mol. The lowest BCUT2D eigenvalue weighted by molar-refractivity contribution is -0.136. The summed E-state index contributed by atoms with van der Waals surface area (Å²) in [4.78, 5) is 81.3. The van der Waals surface area contributed by atoms with Crippen LogP contribution in [-0.2, 0) is 9.59 Å². The number of piperidine rings is 3. The summed E-state index contributed by atoms with van der Waals surface area (Å²) in [5.41, 5.74) is 9.80. The van der Waals surface area contributed by atoms with Crippen LogP contribution in [0.25, 0.3) is 10.7 Å². The van der Waals surface area contributed by atoms with Gasteiger partial charge in [-0.1, -0.05) is 0 Å². The molecule has 1 atom stereocenters. The first-order valence-corrected chi connectivity index (χ1v) is 17.9. The number of rotatable bonds is 7. The van der Waals surface area contributed by atoms with E-state index in [4.69, 9.17) is 5.73 Å². The number of aromatic nitrogens is 3. The van der Waals surface area contributed by atoms with Crippen molar-refractivity contribution >= 4 is 63.8 Å². The number of nitrogens with two attached hydrogens (primary N) is 1. The highest BCUT2D eigenvalue weighted by molar-refractivity contribution is 7.13. The Labute approximate surface area is 297 Å². The summed E-state index contributed by atoms with van der Waals surface area (Å²) in [5.74, 6) is -2.37. The van der Waals surface area contributed by atoms with Crippen LogP contribution in [0.15, 0.2) is 60.2 Å². The van der Waals surface area contributed by atoms with Gasteiger partial charge in [0, 0.05) is 61.2 Å². The first-order chi connectivity index (χ1) is 24.7. The van der Waals surface area contributed by atoms with E-state index in [1.807, 2.05) is 23.6 Å². The van der Waals surface area contributed by atoms with Crippen LogP contribution in [0.3, 0.4) is 0 Å². The van der Waals surface area contributed by atoms with E-state index in [0.29, 0.717) is 21.8 Å². The maximum atomic E-state index is 13.3. The quantitative estimate of drug-likeness (QED) is 0.238. The van der Waals surface area contributed by atoms with Gasteiger partial charge in [0.1, 0.15) is 16.7 Å². The lowest BCUT2D eigenvalue weighted by Gasteiger charge is -2.48. The second kappa shape index (κ2) is 12.9. The minimum absolute atomic E-state index is 0.0583. The van der Waals surface area contributed by atoms with Gasteiger partial charge in [-0.05, 0) is 80.0 Å². The molecule has 4 aliphatic rings. The molecular formula is C36H35N9O5S. The van der Waals surface area contributed by atoms with E-state index in [1.54, 1.807) is 18.3 Å². The number of carbonyl (C=O) groups is 5. The average molecular weight is 706 g/mol. The van der Waals surface area contributed by atoms with Crippen molar-refractivity contribution in [3.05, 3.63) is 77.1 Å². The number of hydrogen-bond acceptors (Lipinski definition) is 12. The Morgan fingerprint density at radius 1 is 0.882 bits per heavy atom. The highest BCUT2D eigenvalue weighted by Crippen LogP contribution is 2.43. The summed E-state index contributed by atoms with van der Waals surface area (Å²) in [6, 6.07) is 12.4. The molecule has 0 saturated carbocycles. The van der Waals surface area contributed by atoms with Crippen molar-refractivity contribution < 1.29 is 24.0 Å². The van der Waals surface area contributed by atoms with Crippen LogP contribution < -0.4 is 26.2 Å². The SMILES string of the molecule is NC(=O)c1ncc(-c2nccs2)nc1Nc1ccc(N2CCC3(CC2)CCN(c2ccc4c(c2)C(=O)N(C2CCC(=O)NC2=O)C4=O)CC3)cc1. The molecule has 3 saturated heterocycles. The number of amides is 5. The van der Waals surface area contributed by atoms with Crippen LogP contribution in [0.5, 0.6) is 0 Å². The zero-order chi connectivity index (χ0) is 35.3. The van der Waals surface area contributed by atoms with E-state index in [1.165, 1.54) is 17.5 Å². The number of carbonyl (C=O) groups excluding carboxylic acids is 5. The van der Waals surface area contributed by atoms with E-state index in [-0.39, 0.29) is 29.8 Å². The summed E-state index contributed by atoms with van der Waals surface area (Å²) >= 11 is 1.43. The summed E-state index contributed by atoms with van der Waals surface area (Å²) in [5, 5.41) is 7.99. The Balaban J connectivity index is 0.875. The van der Waals surface area contributed by atoms with E-state index in [9.17, 15) is 24.0 Å². The third kappa shape index (κ3) is 6.07. The summed E-state index contributed by atoms with van der Waals surface area (Å²) < 4.78 is 0. The number of imide groups is 2. The van der Waals surface area contributed by atoms with E-state index in [2.05, 4.69) is 47.5 Å². The molecule has 6 heterocycles. The summed E-state index contributed by atoms with van der Waals surface area (Å²) in [6.45, 7) is 3.56. The Kier molecular flexibility index (Phi) is 8.21. The predicted molar refractivity (Wildman–Crippen MR) is 190 cm³/mol. The molecule has 8 rings (SSSR count). The van der Waals surface area contributed by atoms with Crippen molar-refractivity contribution in [3.8, 4) is 10.7 Å². The third-order valence-corrected chi connectivity index (χ3v) is 11.4. The van der Waals surface area contributed by atoms with Crippen molar-refractivity contribution in [1.82, 2.24) is 25.2 Å². The normalized spacial score (nSPS) is 20.1. The zero-order valence-electron chi connectivity index (χ0n) is 27.6. The molecule has 4 aromatic rings. The Morgan fingerprint density at radius 2 is 1.55 bits per heavy atom. The van der Waals surface area contributed by atoms with E-state index < -0.39 is 35.6 Å². The molecule has 4 aliphatic heterocycles. The molecule has 0 aliphatic carbocycles. The first kappa shape index (κ1) is 32.5. The summed E-state index contributed by atoms with van der Waals surface area (Å²) in [7, 11) is 0. The van der Waals surface area contributed by atoms with Gasteiger partial charge in [-0.15, -0.1) is 11.3 Å². The minimum atomic E-state index is -0.974. The fourth-order valence-corrected chi connectivity index (χ4v) is 8.23. The molecule has 3 fully saturated rings. The molecule has 1 spiro atoms. The standard InChI is InChI=1S/C36H35N9O5S/c37-30(47)29-31(41-26(20-39-29)33-38-13-18-51-33)40-21-1-3-22(4-2-21)43-14-9-36(10-15-43)11-16-44(17-12-36)23-5-6-24-25(19-23)35(50)45(34(24)49)27-7-8-28(46)42-32(27)48/h1-6,13,18-20,27H,7-12,14-17H2,(H2,37,47)(H,40,41)(H,42,46,48). The fraction of sp³-hybridized carbons (Fsp3) is 0.333. The van der Waals surface area contributed by atoms with Gasteiger partial charge in [-0.25, -0.2) is 15.0 Å². The molecule has 2 aromatic carbocycles. The Hall–Kier alpha value is -5.70. The van der Waals surface area contributed by atoms with Gasteiger partial charge in [0.05, 0.1) is 17.3 Å². The van der Waals surface area contributed by atoms with Crippen LogP contribution in [0.4, 0.5) is 22.9 Å². The molecule has 2 aromatic heterocycles. The second-order valence-electron chi connectivity index (χ2n) is 13.5. The van der Waals surface area contributed by atoms with Crippen LogP contribution in [0.2, 0.25) is 0 Å². The van der Waals surface area contributed by atoms with Gasteiger partial charge in [0.2, 0.25) is 11.8 Å². The van der Waals surface area contributed by atoms with Gasteiger partial charge in [-0.3, -0.25) is 34.2 Å². The predicted octanol–water partition coefficient (Wildman–Crippen LogP) is 3.73. The van der Waals surface area contributed by atoms with Crippen molar-refractivity contribution in [2.75, 3.05) is 41.3 Å². The first-order valence-electron chi connectivity index (χ1n) is 17.0. The number of fused-ring (bicyclic) bond motifs is 1. The molecule has 0 radical (unpaired) electrons. The molecule has 0 bridgehead atoms. The number of benzene rings is 2. The highest BCUT2D eigenvalue weighted by atomic mass is 32.1. The molecule has 51 heavy (non-hydrogen) atoms. The second-order valence-corrected chi connectivity index (χ2v) is 14.4. The van der Waals surface area contributed by atoms with Crippen molar-refractivity contribution in [2.24, 2.45) is 11.1 Å². The Bertz CT molecular complexity index is 2050. The molecule has 4 N–H and O–H groups in total. The average Bonchev–Trinajstić information content (AvgIpc) is 3.76. The number of anilines is 4. The molecule has 260 valence electrons. The molecule has 1 unspecified atom stereocenters. The minimum Gasteiger partial charge on any atom is -0.371 e. The van der Waals surface area contributed by atoms with Gasteiger partial charge in [0.25, 0.3) is 17.7 Å². The van der Waals surface area contributed by atoms with E-state index >= 15 is 0 Å². The smallest absolute Gasteiger partial charge is 0.271 e. The van der Waals surface area contributed by atoms with Gasteiger partial charge in [-0.2, -0.15) is 0 Å². The van der Waals surface area contributed by atoms with Gasteiger partial charge >= 0.3 is 0 Å². The fourth-order valence-electron chi connectivity index (χ4n) is 7.64. The van der Waals surface area contributed by atoms with Crippen molar-refractivity contribution in [1.29, 1.82) is 0 Å². The maximum Gasteiger partial charge on any atom is 0.271 e. The third-order valence-electron chi connectivity index (χ3n) is 10.6. The maximum absolute atomic E-state index is 13.3. The molecule has 15 heteroatoms. The zero-order valence-corrected chi connectivity index (χ0v) is 28.4. The number of thiazole rings is 1. The summed E-state index contributed by atoms with van der Waals surface area (Å²) in [6.07, 6.45) is 7.60. The number of nitrogens with zero attached hydrogens (tertiary/aromatic N) is 6. The molecule has 14 nitrogen and oxygen atoms in total. The van der Waals surface area contributed by atoms with Crippen LogP contribution in [0.1, 0.15) is 69.7 Å². The van der Waals surface area contributed by atoms with Crippen LogP contribution in [0, 0.1) is 5.41 Å². The van der Waals surface area contributed by atoms with E-state index in [0.717, 1.165) is 73.8 Å². The largest absolute Gasteiger partial charge is 0.371 e. The number of nitrogens with one attached hydrogen (secondary N) is 2. The number of primary amides is 1. The van der Waals surface area contributed by atoms with Crippen LogP contribution in [-0.4, -0.2) is 81.6 Å². The lowest BCUT2D eigenvalue weighted by Crippen LogP contribution is -2.54. The van der Waals surface area contributed by atoms with Crippen LogP contribution >= 0.6 is 11.3 Å². The molecule has 5 amide bonds. The van der Waals surface area contributed by atoms with Gasteiger partial charge < -0.3 is 20.9 Å².